The second-order valence-corrected chi connectivity index (χ2v) is 9.72. The van der Waals surface area contributed by atoms with E-state index in [1.807, 2.05) is 55.5 Å². The van der Waals surface area contributed by atoms with Crippen molar-refractivity contribution in [3.63, 3.8) is 0 Å². The number of aryl methyl sites for hydroxylation is 1. The molecule has 0 radical (unpaired) electrons. The molecule has 2 N–H and O–H groups in total. The number of anilines is 1. The first-order valence-electron chi connectivity index (χ1n) is 12.5. The first kappa shape index (κ1) is 24.9. The number of hydrogen-bond donors (Lipinski definition) is 2. The van der Waals surface area contributed by atoms with Gasteiger partial charge in [-0.3, -0.25) is 9.59 Å². The normalized spacial score (nSPS) is 22.8. The van der Waals surface area contributed by atoms with E-state index in [1.54, 1.807) is 6.20 Å². The number of carbonyl (C=O) groups excluding carboxylic acids is 2. The number of hydrogen-bond acceptors (Lipinski definition) is 5. The van der Waals surface area contributed by atoms with E-state index in [2.05, 4.69) is 22.4 Å². The molecule has 2 aromatic carbocycles. The van der Waals surface area contributed by atoms with Crippen LogP contribution in [-0.2, 0) is 9.59 Å². The molecule has 1 aromatic heterocycles. The first-order valence-corrected chi connectivity index (χ1v) is 12.5. The molecule has 1 saturated heterocycles. The lowest BCUT2D eigenvalue weighted by Crippen LogP contribution is -2.50. The number of halogens is 1. The van der Waals surface area contributed by atoms with Crippen molar-refractivity contribution in [3.05, 3.63) is 78.0 Å². The van der Waals surface area contributed by atoms with Crippen LogP contribution in [0.2, 0.25) is 0 Å². The van der Waals surface area contributed by atoms with Gasteiger partial charge < -0.3 is 20.1 Å². The topological polar surface area (TPSA) is 91.8 Å². The molecule has 3 aromatic rings. The Morgan fingerprint density at radius 1 is 1.14 bits per heavy atom. The quantitative estimate of drug-likeness (QED) is 0.506. The number of aliphatic hydroxyl groups is 1. The number of pyridine rings is 1. The molecule has 37 heavy (non-hydrogen) atoms. The van der Waals surface area contributed by atoms with Gasteiger partial charge in [-0.2, -0.15) is 0 Å². The van der Waals surface area contributed by atoms with Crippen molar-refractivity contribution in [1.82, 2.24) is 9.88 Å². The predicted octanol–water partition coefficient (Wildman–Crippen LogP) is 4.11. The van der Waals surface area contributed by atoms with Gasteiger partial charge in [0.15, 0.2) is 6.17 Å². The number of aromatic nitrogens is 1. The molecule has 0 unspecified atom stereocenters. The summed E-state index contributed by atoms with van der Waals surface area (Å²) in [5.41, 5.74) is 3.86. The van der Waals surface area contributed by atoms with Gasteiger partial charge in [-0.05, 0) is 65.8 Å². The number of piperidine rings is 1. The Balaban J connectivity index is 1.21. The number of alkyl halides is 1. The van der Waals surface area contributed by atoms with Gasteiger partial charge in [0.2, 0.25) is 11.8 Å². The lowest BCUT2D eigenvalue weighted by molar-refractivity contribution is -0.138. The fraction of sp³-hybridized carbons (Fsp3) is 0.345. The predicted molar refractivity (Wildman–Crippen MR) is 138 cm³/mol. The number of likely N-dealkylation sites (tertiary alicyclic amines) is 1. The van der Waals surface area contributed by atoms with Crippen LogP contribution >= 0.6 is 0 Å². The summed E-state index contributed by atoms with van der Waals surface area (Å²) in [6, 6.07) is 19.5. The zero-order valence-electron chi connectivity index (χ0n) is 20.6. The third kappa shape index (κ3) is 5.64. The van der Waals surface area contributed by atoms with Crippen LogP contribution in [0, 0.1) is 12.8 Å². The number of rotatable bonds is 7. The number of carbonyl (C=O) groups is 2. The summed E-state index contributed by atoms with van der Waals surface area (Å²) >= 11 is 0. The van der Waals surface area contributed by atoms with Crippen molar-refractivity contribution >= 4 is 17.6 Å². The van der Waals surface area contributed by atoms with E-state index < -0.39 is 24.8 Å². The molecule has 1 aliphatic heterocycles. The Morgan fingerprint density at radius 2 is 1.92 bits per heavy atom. The maximum atomic E-state index is 14.6. The number of benzene rings is 2. The second-order valence-electron chi connectivity index (χ2n) is 9.72. The highest BCUT2D eigenvalue weighted by molar-refractivity contribution is 5.95. The minimum Gasteiger partial charge on any atom is -0.487 e. The molecule has 1 aliphatic carbocycles. The Morgan fingerprint density at radius 3 is 2.65 bits per heavy atom. The molecular formula is C29H30FN3O4. The maximum Gasteiger partial charge on any atom is 0.248 e. The summed E-state index contributed by atoms with van der Waals surface area (Å²) < 4.78 is 20.6. The molecule has 1 saturated carbocycles. The van der Waals surface area contributed by atoms with Crippen molar-refractivity contribution in [2.45, 2.75) is 38.0 Å². The molecule has 4 atom stereocenters. The van der Waals surface area contributed by atoms with Gasteiger partial charge >= 0.3 is 0 Å². The van der Waals surface area contributed by atoms with Crippen LogP contribution in [0.25, 0.3) is 11.1 Å². The summed E-state index contributed by atoms with van der Waals surface area (Å²) in [6.07, 6.45) is 0.877. The summed E-state index contributed by atoms with van der Waals surface area (Å²) in [5, 5.41) is 12.0. The summed E-state index contributed by atoms with van der Waals surface area (Å²) in [5.74, 6) is 0.810. The van der Waals surface area contributed by atoms with Gasteiger partial charge in [0.05, 0.1) is 6.54 Å². The van der Waals surface area contributed by atoms with Crippen LogP contribution in [0.15, 0.2) is 66.9 Å². The van der Waals surface area contributed by atoms with Gasteiger partial charge in [-0.15, -0.1) is 0 Å². The van der Waals surface area contributed by atoms with Crippen LogP contribution in [0.4, 0.5) is 10.2 Å². The maximum absolute atomic E-state index is 14.6. The van der Waals surface area contributed by atoms with E-state index in [4.69, 9.17) is 9.84 Å². The highest BCUT2D eigenvalue weighted by atomic mass is 19.1. The minimum absolute atomic E-state index is 0.0223. The smallest absolute Gasteiger partial charge is 0.248 e. The molecule has 7 nitrogen and oxygen atoms in total. The number of aliphatic hydroxyl groups excluding tert-OH is 1. The molecule has 0 bridgehead atoms. The zero-order chi connectivity index (χ0) is 25.9. The van der Waals surface area contributed by atoms with Gasteiger partial charge in [-0.25, -0.2) is 9.37 Å². The second kappa shape index (κ2) is 10.7. The number of amides is 2. The molecule has 5 rings (SSSR count). The molecular weight excluding hydrogens is 473 g/mol. The number of ether oxygens (including phenoxy) is 1. The summed E-state index contributed by atoms with van der Waals surface area (Å²) in [7, 11) is 0. The Kier molecular flexibility index (Phi) is 7.19. The van der Waals surface area contributed by atoms with Crippen molar-refractivity contribution in [1.29, 1.82) is 0 Å². The lowest BCUT2D eigenvalue weighted by Gasteiger charge is -2.34. The van der Waals surface area contributed by atoms with Crippen LogP contribution in [0.3, 0.4) is 0 Å². The van der Waals surface area contributed by atoms with E-state index in [0.717, 1.165) is 23.1 Å². The van der Waals surface area contributed by atoms with E-state index in [0.29, 0.717) is 24.5 Å². The Hall–Kier alpha value is -3.78. The summed E-state index contributed by atoms with van der Waals surface area (Å²) in [4.78, 5) is 30.0. The Bertz CT molecular complexity index is 1290. The van der Waals surface area contributed by atoms with Crippen molar-refractivity contribution in [3.8, 4) is 16.9 Å². The lowest BCUT2D eigenvalue weighted by atomic mass is 10.0. The van der Waals surface area contributed by atoms with Crippen LogP contribution in [-0.4, -0.2) is 58.8 Å². The molecule has 8 heteroatoms. The molecule has 2 aliphatic rings. The largest absolute Gasteiger partial charge is 0.487 e. The van der Waals surface area contributed by atoms with Crippen LogP contribution < -0.4 is 10.1 Å². The third-order valence-electron chi connectivity index (χ3n) is 7.12. The van der Waals surface area contributed by atoms with Crippen molar-refractivity contribution in [2.24, 2.45) is 5.92 Å². The molecule has 0 spiro atoms. The van der Waals surface area contributed by atoms with Crippen LogP contribution in [0.1, 0.15) is 29.9 Å². The van der Waals surface area contributed by atoms with E-state index in [-0.39, 0.29) is 24.3 Å². The SMILES string of the molecule is Cc1cc(-c2ccnc(NC(=O)[C@@H]3C[C@@H]3c3ccccc3)c2)ccc1O[C@H]1CCN(C(=O)CO)C[C@H]1F. The molecule has 192 valence electrons. The number of nitrogens with one attached hydrogen (secondary N) is 1. The van der Waals surface area contributed by atoms with E-state index >= 15 is 0 Å². The highest BCUT2D eigenvalue weighted by Crippen LogP contribution is 2.47. The van der Waals surface area contributed by atoms with Gasteiger partial charge in [0.1, 0.15) is 24.3 Å². The Labute approximate surface area is 215 Å². The van der Waals surface area contributed by atoms with E-state index in [9.17, 15) is 14.0 Å². The van der Waals surface area contributed by atoms with Crippen LogP contribution in [0.5, 0.6) is 5.75 Å². The first-order chi connectivity index (χ1) is 17.9. The fourth-order valence-electron chi connectivity index (χ4n) is 4.92. The monoisotopic (exact) mass is 503 g/mol. The van der Waals surface area contributed by atoms with Crippen molar-refractivity contribution in [2.75, 3.05) is 25.0 Å². The molecule has 2 amide bonds. The standard InChI is InChI=1S/C29H30FN3O4/c1-18-13-20(7-8-25(18)37-26-10-12-33(16-24(26)30)28(35)17-34)21-9-11-31-27(14-21)32-29(36)23-15-22(23)19-5-3-2-4-6-19/h2-9,11,13-14,22-24,26,34H,10,12,15-17H2,1H3,(H,31,32,36)/t22-,23-,24-,26+/m1/s1. The van der Waals surface area contributed by atoms with E-state index in [1.165, 1.54) is 10.5 Å². The molecule has 2 heterocycles. The minimum atomic E-state index is -1.33. The zero-order valence-corrected chi connectivity index (χ0v) is 20.6. The average Bonchev–Trinajstić information content (AvgIpc) is 3.72. The average molecular weight is 504 g/mol. The van der Waals surface area contributed by atoms with Gasteiger partial charge in [0.25, 0.3) is 0 Å². The number of nitrogens with zero attached hydrogens (tertiary/aromatic N) is 2. The summed E-state index contributed by atoms with van der Waals surface area (Å²) in [6.45, 7) is 1.55. The fourth-order valence-corrected chi connectivity index (χ4v) is 4.92. The molecule has 2 fully saturated rings. The third-order valence-corrected chi connectivity index (χ3v) is 7.12. The van der Waals surface area contributed by atoms with Gasteiger partial charge in [-0.1, -0.05) is 36.4 Å². The van der Waals surface area contributed by atoms with Gasteiger partial charge in [0, 0.05) is 25.1 Å². The van der Waals surface area contributed by atoms with Crippen molar-refractivity contribution < 1.29 is 23.8 Å². The highest BCUT2D eigenvalue weighted by Gasteiger charge is 2.44.